The average Bonchev–Trinajstić information content (AvgIpc) is 3.02. The summed E-state index contributed by atoms with van der Waals surface area (Å²) in [5.41, 5.74) is 2.00. The van der Waals surface area contributed by atoms with Crippen LogP contribution in [0.2, 0.25) is 0 Å². The predicted octanol–water partition coefficient (Wildman–Crippen LogP) is 1.57. The zero-order valence-corrected chi connectivity index (χ0v) is 12.2. The summed E-state index contributed by atoms with van der Waals surface area (Å²) in [6.45, 7) is 4.07. The minimum absolute atomic E-state index is 0.695. The molecule has 2 aromatic rings. The van der Waals surface area contributed by atoms with Gasteiger partial charge >= 0.3 is 0 Å². The van der Waals surface area contributed by atoms with Crippen LogP contribution < -0.4 is 0 Å². The van der Waals surface area contributed by atoms with E-state index in [0.29, 0.717) is 12.5 Å². The van der Waals surface area contributed by atoms with E-state index in [9.17, 15) is 0 Å². The van der Waals surface area contributed by atoms with Crippen LogP contribution in [0.3, 0.4) is 0 Å². The zero-order chi connectivity index (χ0) is 13.9. The van der Waals surface area contributed by atoms with Crippen LogP contribution in [0.1, 0.15) is 12.2 Å². The lowest BCUT2D eigenvalue weighted by Gasteiger charge is -2.14. The summed E-state index contributed by atoms with van der Waals surface area (Å²) in [6, 6.07) is 3.99. The molecule has 1 unspecified atom stereocenters. The summed E-state index contributed by atoms with van der Waals surface area (Å²) in [4.78, 5) is 11.6. The fourth-order valence-electron chi connectivity index (χ4n) is 3.01. The van der Waals surface area contributed by atoms with Crippen LogP contribution in [0.4, 0.5) is 0 Å². The van der Waals surface area contributed by atoms with Gasteiger partial charge in [-0.05, 0) is 38.1 Å². The van der Waals surface area contributed by atoms with Crippen LogP contribution >= 0.6 is 0 Å². The molecule has 1 atom stereocenters. The monoisotopic (exact) mass is 274 g/mol. The fourth-order valence-corrected chi connectivity index (χ4v) is 3.01. The van der Waals surface area contributed by atoms with E-state index >= 15 is 0 Å². The number of fused-ring (bicyclic) bond motifs is 1. The van der Waals surface area contributed by atoms with Gasteiger partial charge in [-0.3, -0.25) is 0 Å². The SMILES string of the molecule is COCCc1nc2cccnc2n1CC1CCN(C)C1. The van der Waals surface area contributed by atoms with E-state index in [1.807, 2.05) is 18.3 Å². The third-order valence-electron chi connectivity index (χ3n) is 4.04. The molecule has 1 aliphatic rings. The topological polar surface area (TPSA) is 43.2 Å². The summed E-state index contributed by atoms with van der Waals surface area (Å²) < 4.78 is 7.49. The van der Waals surface area contributed by atoms with Gasteiger partial charge in [0.15, 0.2) is 5.65 Å². The van der Waals surface area contributed by atoms with Crippen molar-refractivity contribution >= 4 is 11.2 Å². The van der Waals surface area contributed by atoms with Crippen LogP contribution in [0.25, 0.3) is 11.2 Å². The quantitative estimate of drug-likeness (QED) is 0.830. The fraction of sp³-hybridized carbons (Fsp3) is 0.600. The molecule has 1 aliphatic heterocycles. The molecule has 5 nitrogen and oxygen atoms in total. The number of imidazole rings is 1. The van der Waals surface area contributed by atoms with Crippen LogP contribution in [0, 0.1) is 5.92 Å². The molecule has 0 aliphatic carbocycles. The van der Waals surface area contributed by atoms with Crippen molar-refractivity contribution in [2.75, 3.05) is 33.9 Å². The smallest absolute Gasteiger partial charge is 0.159 e. The maximum Gasteiger partial charge on any atom is 0.159 e. The van der Waals surface area contributed by atoms with Gasteiger partial charge < -0.3 is 14.2 Å². The first-order valence-electron chi connectivity index (χ1n) is 7.25. The van der Waals surface area contributed by atoms with Gasteiger partial charge in [-0.1, -0.05) is 0 Å². The molecular weight excluding hydrogens is 252 g/mol. The number of methoxy groups -OCH3 is 1. The van der Waals surface area contributed by atoms with Crippen molar-refractivity contribution in [3.8, 4) is 0 Å². The molecule has 1 fully saturated rings. The van der Waals surface area contributed by atoms with E-state index < -0.39 is 0 Å². The molecule has 5 heteroatoms. The van der Waals surface area contributed by atoms with E-state index in [2.05, 4.69) is 21.5 Å². The van der Waals surface area contributed by atoms with Crippen LogP contribution in [0.15, 0.2) is 18.3 Å². The Kier molecular flexibility index (Phi) is 3.98. The van der Waals surface area contributed by atoms with Gasteiger partial charge in [-0.2, -0.15) is 0 Å². The second kappa shape index (κ2) is 5.89. The zero-order valence-electron chi connectivity index (χ0n) is 12.2. The van der Waals surface area contributed by atoms with Crippen molar-refractivity contribution < 1.29 is 4.74 Å². The Hall–Kier alpha value is -1.46. The van der Waals surface area contributed by atoms with Crippen molar-refractivity contribution in [3.05, 3.63) is 24.2 Å². The minimum atomic E-state index is 0.695. The van der Waals surface area contributed by atoms with Gasteiger partial charge in [0, 0.05) is 32.8 Å². The lowest BCUT2D eigenvalue weighted by atomic mass is 10.1. The number of hydrogen-bond acceptors (Lipinski definition) is 4. The van der Waals surface area contributed by atoms with E-state index in [1.165, 1.54) is 13.0 Å². The van der Waals surface area contributed by atoms with Gasteiger partial charge in [0.05, 0.1) is 6.61 Å². The Bertz CT molecular complexity index is 580. The second-order valence-electron chi connectivity index (χ2n) is 5.64. The van der Waals surface area contributed by atoms with Gasteiger partial charge in [0.1, 0.15) is 11.3 Å². The Morgan fingerprint density at radius 3 is 3.10 bits per heavy atom. The lowest BCUT2D eigenvalue weighted by molar-refractivity contribution is 0.199. The van der Waals surface area contributed by atoms with E-state index in [0.717, 1.165) is 36.5 Å². The predicted molar refractivity (Wildman–Crippen MR) is 78.7 cm³/mol. The molecule has 1 saturated heterocycles. The Morgan fingerprint density at radius 2 is 2.35 bits per heavy atom. The van der Waals surface area contributed by atoms with Crippen molar-refractivity contribution in [1.82, 2.24) is 19.4 Å². The van der Waals surface area contributed by atoms with Crippen molar-refractivity contribution in [2.24, 2.45) is 5.92 Å². The molecule has 2 aromatic heterocycles. The number of pyridine rings is 1. The maximum absolute atomic E-state index is 5.20. The van der Waals surface area contributed by atoms with Crippen LogP contribution in [-0.2, 0) is 17.7 Å². The van der Waals surface area contributed by atoms with E-state index in [4.69, 9.17) is 9.72 Å². The van der Waals surface area contributed by atoms with E-state index in [1.54, 1.807) is 7.11 Å². The number of ether oxygens (including phenoxy) is 1. The standard InChI is InChI=1S/C15H22N4O/c1-18-8-5-12(10-18)11-19-14(6-9-20-2)17-13-4-3-7-16-15(13)19/h3-4,7,12H,5-6,8-11H2,1-2H3. The molecule has 20 heavy (non-hydrogen) atoms. The summed E-state index contributed by atoms with van der Waals surface area (Å²) in [5, 5.41) is 0. The number of aromatic nitrogens is 3. The van der Waals surface area contributed by atoms with Crippen molar-refractivity contribution in [2.45, 2.75) is 19.4 Å². The summed E-state index contributed by atoms with van der Waals surface area (Å²) in [5.74, 6) is 1.79. The molecule has 3 rings (SSSR count). The van der Waals surface area contributed by atoms with Gasteiger partial charge in [-0.25, -0.2) is 9.97 Å². The lowest BCUT2D eigenvalue weighted by Crippen LogP contribution is -2.18. The maximum atomic E-state index is 5.20. The van der Waals surface area contributed by atoms with Gasteiger partial charge in [0.2, 0.25) is 0 Å². The molecular formula is C15H22N4O. The summed E-state index contributed by atoms with van der Waals surface area (Å²) >= 11 is 0. The minimum Gasteiger partial charge on any atom is -0.384 e. The Balaban J connectivity index is 1.89. The second-order valence-corrected chi connectivity index (χ2v) is 5.64. The molecule has 0 amide bonds. The Morgan fingerprint density at radius 1 is 1.45 bits per heavy atom. The molecule has 0 spiro atoms. The Labute approximate surface area is 119 Å². The summed E-state index contributed by atoms with van der Waals surface area (Å²) in [7, 11) is 3.92. The molecule has 0 N–H and O–H groups in total. The number of hydrogen-bond donors (Lipinski definition) is 0. The number of likely N-dealkylation sites (tertiary alicyclic amines) is 1. The number of nitrogens with zero attached hydrogens (tertiary/aromatic N) is 4. The largest absolute Gasteiger partial charge is 0.384 e. The molecule has 3 heterocycles. The highest BCUT2D eigenvalue weighted by atomic mass is 16.5. The van der Waals surface area contributed by atoms with E-state index in [-0.39, 0.29) is 0 Å². The third-order valence-corrected chi connectivity index (χ3v) is 4.04. The first kappa shape index (κ1) is 13.5. The first-order valence-corrected chi connectivity index (χ1v) is 7.25. The molecule has 0 saturated carbocycles. The highest BCUT2D eigenvalue weighted by Gasteiger charge is 2.22. The normalized spacial score (nSPS) is 20.0. The van der Waals surface area contributed by atoms with Crippen molar-refractivity contribution in [1.29, 1.82) is 0 Å². The van der Waals surface area contributed by atoms with Gasteiger partial charge in [0.25, 0.3) is 0 Å². The van der Waals surface area contributed by atoms with Gasteiger partial charge in [-0.15, -0.1) is 0 Å². The highest BCUT2D eigenvalue weighted by Crippen LogP contribution is 2.21. The molecule has 0 aromatic carbocycles. The molecule has 108 valence electrons. The van der Waals surface area contributed by atoms with Crippen molar-refractivity contribution in [3.63, 3.8) is 0 Å². The highest BCUT2D eigenvalue weighted by molar-refractivity contribution is 5.71. The third kappa shape index (κ3) is 2.69. The average molecular weight is 274 g/mol. The summed E-state index contributed by atoms with van der Waals surface area (Å²) in [6.07, 6.45) is 3.95. The first-order chi connectivity index (χ1) is 9.78. The van der Waals surface area contributed by atoms with Crippen LogP contribution in [0.5, 0.6) is 0 Å². The van der Waals surface area contributed by atoms with Crippen LogP contribution in [-0.4, -0.2) is 53.3 Å². The molecule has 0 radical (unpaired) electrons. The number of rotatable bonds is 5. The molecule has 0 bridgehead atoms.